The highest BCUT2D eigenvalue weighted by atomic mass is 19.4. The smallest absolute Gasteiger partial charge is 0.416 e. The van der Waals surface area contributed by atoms with Crippen molar-refractivity contribution < 1.29 is 23.1 Å². The summed E-state index contributed by atoms with van der Waals surface area (Å²) in [5, 5.41) is 8.96. The van der Waals surface area contributed by atoms with E-state index in [0.29, 0.717) is 5.56 Å². The fourth-order valence-electron chi connectivity index (χ4n) is 1.52. The molecule has 1 atom stereocenters. The summed E-state index contributed by atoms with van der Waals surface area (Å²) in [4.78, 5) is 12.4. The second-order valence-electron chi connectivity index (χ2n) is 3.82. The number of halogens is 3. The molecule has 0 radical (unpaired) electrons. The van der Waals surface area contributed by atoms with Gasteiger partial charge in [-0.3, -0.25) is 9.69 Å². The summed E-state index contributed by atoms with van der Waals surface area (Å²) < 4.78 is 36.9. The molecule has 1 rings (SSSR count). The van der Waals surface area contributed by atoms with Gasteiger partial charge in [-0.05, 0) is 31.8 Å². The third-order valence-corrected chi connectivity index (χ3v) is 2.30. The molecule has 0 amide bonds. The monoisotopic (exact) mass is 247 g/mol. The first-order valence-corrected chi connectivity index (χ1v) is 4.80. The molecule has 0 aliphatic carbocycles. The number of likely N-dealkylation sites (N-methyl/N-ethyl adjacent to an activating group) is 1. The molecule has 0 aliphatic rings. The van der Waals surface area contributed by atoms with E-state index in [2.05, 4.69) is 0 Å². The number of carboxylic acids is 1. The van der Waals surface area contributed by atoms with Crippen LogP contribution in [-0.4, -0.2) is 30.1 Å². The van der Waals surface area contributed by atoms with Crippen LogP contribution in [0.4, 0.5) is 13.2 Å². The van der Waals surface area contributed by atoms with E-state index >= 15 is 0 Å². The number of benzene rings is 1. The normalized spacial score (nSPS) is 13.8. The Morgan fingerprint density at radius 2 is 1.71 bits per heavy atom. The van der Waals surface area contributed by atoms with Gasteiger partial charge in [0.2, 0.25) is 0 Å². The Morgan fingerprint density at radius 1 is 1.24 bits per heavy atom. The van der Waals surface area contributed by atoms with E-state index in [1.165, 1.54) is 17.0 Å². The van der Waals surface area contributed by atoms with E-state index < -0.39 is 23.8 Å². The first-order valence-electron chi connectivity index (χ1n) is 4.80. The third-order valence-electron chi connectivity index (χ3n) is 2.30. The molecular formula is C11H12F3NO2. The van der Waals surface area contributed by atoms with Crippen LogP contribution >= 0.6 is 0 Å². The fourth-order valence-corrected chi connectivity index (χ4v) is 1.52. The fraction of sp³-hybridized carbons (Fsp3) is 0.364. The van der Waals surface area contributed by atoms with Crippen LogP contribution in [0, 0.1) is 0 Å². The van der Waals surface area contributed by atoms with Crippen LogP contribution in [0.3, 0.4) is 0 Å². The van der Waals surface area contributed by atoms with Gasteiger partial charge in [0.1, 0.15) is 6.04 Å². The Balaban J connectivity index is 3.05. The van der Waals surface area contributed by atoms with Crippen molar-refractivity contribution in [2.75, 3.05) is 14.1 Å². The van der Waals surface area contributed by atoms with Gasteiger partial charge in [0, 0.05) is 0 Å². The Kier molecular flexibility index (Phi) is 3.77. The van der Waals surface area contributed by atoms with Gasteiger partial charge < -0.3 is 5.11 Å². The Morgan fingerprint density at radius 3 is 2.00 bits per heavy atom. The second-order valence-corrected chi connectivity index (χ2v) is 3.82. The highest BCUT2D eigenvalue weighted by Gasteiger charge is 2.31. The maximum atomic E-state index is 12.3. The Bertz CT molecular complexity index is 398. The standard InChI is InChI=1S/C11H12F3NO2/c1-15(2)9(10(16)17)7-3-5-8(6-4-7)11(12,13)14/h3-6,9H,1-2H3,(H,16,17)/t9-/m1/s1. The number of hydrogen-bond donors (Lipinski definition) is 1. The van der Waals surface area contributed by atoms with Gasteiger partial charge in [0.25, 0.3) is 0 Å². The van der Waals surface area contributed by atoms with Gasteiger partial charge >= 0.3 is 12.1 Å². The van der Waals surface area contributed by atoms with Gasteiger partial charge in [0.05, 0.1) is 5.56 Å². The van der Waals surface area contributed by atoms with E-state index in [1.807, 2.05) is 0 Å². The average molecular weight is 247 g/mol. The molecule has 0 unspecified atom stereocenters. The lowest BCUT2D eigenvalue weighted by Crippen LogP contribution is -2.27. The molecule has 6 heteroatoms. The molecule has 0 bridgehead atoms. The van der Waals surface area contributed by atoms with Crippen molar-refractivity contribution in [2.45, 2.75) is 12.2 Å². The molecule has 0 saturated heterocycles. The van der Waals surface area contributed by atoms with Gasteiger partial charge in [-0.15, -0.1) is 0 Å². The zero-order valence-electron chi connectivity index (χ0n) is 9.32. The predicted molar refractivity (Wildman–Crippen MR) is 55.5 cm³/mol. The van der Waals surface area contributed by atoms with Crippen molar-refractivity contribution in [2.24, 2.45) is 0 Å². The molecule has 0 heterocycles. The number of carbonyl (C=O) groups is 1. The third kappa shape index (κ3) is 3.20. The summed E-state index contributed by atoms with van der Waals surface area (Å²) in [6, 6.07) is 3.18. The Labute approximate surface area is 96.5 Å². The van der Waals surface area contributed by atoms with E-state index in [0.717, 1.165) is 12.1 Å². The van der Waals surface area contributed by atoms with Gasteiger partial charge in [-0.1, -0.05) is 12.1 Å². The molecule has 1 aromatic rings. The SMILES string of the molecule is CN(C)[C@@H](C(=O)O)c1ccc(C(F)(F)F)cc1. The van der Waals surface area contributed by atoms with Crippen LogP contribution in [0.25, 0.3) is 0 Å². The van der Waals surface area contributed by atoms with Gasteiger partial charge in [0.15, 0.2) is 0 Å². The Hall–Kier alpha value is -1.56. The highest BCUT2D eigenvalue weighted by Crippen LogP contribution is 2.30. The van der Waals surface area contributed by atoms with Crippen molar-refractivity contribution in [1.29, 1.82) is 0 Å². The number of alkyl halides is 3. The summed E-state index contributed by atoms with van der Waals surface area (Å²) in [7, 11) is 3.10. The molecule has 0 fully saturated rings. The lowest BCUT2D eigenvalue weighted by atomic mass is 10.0. The average Bonchev–Trinajstić information content (AvgIpc) is 2.15. The molecule has 94 valence electrons. The topological polar surface area (TPSA) is 40.5 Å². The van der Waals surface area contributed by atoms with E-state index in [9.17, 15) is 18.0 Å². The molecule has 17 heavy (non-hydrogen) atoms. The molecule has 1 N–H and O–H groups in total. The maximum Gasteiger partial charge on any atom is 0.416 e. The zero-order chi connectivity index (χ0) is 13.2. The number of nitrogens with zero attached hydrogens (tertiary/aromatic N) is 1. The highest BCUT2D eigenvalue weighted by molar-refractivity contribution is 5.75. The van der Waals surface area contributed by atoms with Gasteiger partial charge in [-0.2, -0.15) is 13.2 Å². The van der Waals surface area contributed by atoms with Crippen molar-refractivity contribution in [3.05, 3.63) is 35.4 Å². The van der Waals surface area contributed by atoms with Crippen LogP contribution < -0.4 is 0 Å². The lowest BCUT2D eigenvalue weighted by Gasteiger charge is -2.20. The summed E-state index contributed by atoms with van der Waals surface area (Å²) in [6.45, 7) is 0. The number of aliphatic carboxylic acids is 1. The first-order chi connectivity index (χ1) is 7.73. The summed E-state index contributed by atoms with van der Waals surface area (Å²) in [5.74, 6) is -1.10. The molecule has 0 spiro atoms. The minimum Gasteiger partial charge on any atom is -0.480 e. The summed E-state index contributed by atoms with van der Waals surface area (Å²) in [5.41, 5.74) is -0.473. The van der Waals surface area contributed by atoms with Crippen LogP contribution in [0.15, 0.2) is 24.3 Å². The second kappa shape index (κ2) is 4.75. The first kappa shape index (κ1) is 13.5. The largest absolute Gasteiger partial charge is 0.480 e. The lowest BCUT2D eigenvalue weighted by molar-refractivity contribution is -0.142. The number of hydrogen-bond acceptors (Lipinski definition) is 2. The van der Waals surface area contributed by atoms with Crippen LogP contribution in [0.5, 0.6) is 0 Å². The van der Waals surface area contributed by atoms with Crippen molar-refractivity contribution in [3.63, 3.8) is 0 Å². The quantitative estimate of drug-likeness (QED) is 0.891. The predicted octanol–water partition coefficient (Wildman–Crippen LogP) is 2.39. The molecule has 1 aromatic carbocycles. The van der Waals surface area contributed by atoms with E-state index in [-0.39, 0.29) is 0 Å². The molecule has 0 aliphatic heterocycles. The number of carboxylic acid groups (broad SMARTS) is 1. The van der Waals surface area contributed by atoms with E-state index in [4.69, 9.17) is 5.11 Å². The molecule has 0 saturated carbocycles. The molecule has 3 nitrogen and oxygen atoms in total. The maximum absolute atomic E-state index is 12.3. The summed E-state index contributed by atoms with van der Waals surface area (Å²) >= 11 is 0. The van der Waals surface area contributed by atoms with Crippen LogP contribution in [-0.2, 0) is 11.0 Å². The van der Waals surface area contributed by atoms with Crippen LogP contribution in [0.2, 0.25) is 0 Å². The molecule has 0 aromatic heterocycles. The molecular weight excluding hydrogens is 235 g/mol. The summed E-state index contributed by atoms with van der Waals surface area (Å²) in [6.07, 6.45) is -4.41. The minimum absolute atomic E-state index is 0.315. The van der Waals surface area contributed by atoms with Crippen molar-refractivity contribution in [3.8, 4) is 0 Å². The van der Waals surface area contributed by atoms with Crippen molar-refractivity contribution >= 4 is 5.97 Å². The van der Waals surface area contributed by atoms with Crippen LogP contribution in [0.1, 0.15) is 17.2 Å². The number of rotatable bonds is 3. The van der Waals surface area contributed by atoms with E-state index in [1.54, 1.807) is 14.1 Å². The van der Waals surface area contributed by atoms with Gasteiger partial charge in [-0.25, -0.2) is 0 Å². The zero-order valence-corrected chi connectivity index (χ0v) is 9.32. The van der Waals surface area contributed by atoms with Crippen molar-refractivity contribution in [1.82, 2.24) is 4.90 Å². The minimum atomic E-state index is -4.41.